The minimum absolute atomic E-state index is 0.0342. The Kier molecular flexibility index (Phi) is 11.9. The van der Waals surface area contributed by atoms with Crippen molar-refractivity contribution >= 4 is 53.9 Å². The van der Waals surface area contributed by atoms with Gasteiger partial charge in [0, 0.05) is 82.4 Å². The number of nitrogens with one attached hydrogen (secondary N) is 3. The molecule has 6 heterocycles. The Morgan fingerprint density at radius 1 is 0.926 bits per heavy atom. The summed E-state index contributed by atoms with van der Waals surface area (Å²) in [5, 5.41) is 16.1. The Balaban J connectivity index is 0.763. The molecule has 68 heavy (non-hydrogen) atoms. The number of aromatic amines is 1. The lowest BCUT2D eigenvalue weighted by molar-refractivity contribution is -0.384. The molecule has 0 bridgehead atoms. The van der Waals surface area contributed by atoms with Crippen molar-refractivity contribution in [3.8, 4) is 11.5 Å². The summed E-state index contributed by atoms with van der Waals surface area (Å²) in [5.41, 5.74) is 4.40. The van der Waals surface area contributed by atoms with Crippen LogP contribution < -0.4 is 19.7 Å². The number of ether oxygens (including phenoxy) is 1. The van der Waals surface area contributed by atoms with Gasteiger partial charge in [-0.25, -0.2) is 31.7 Å². The van der Waals surface area contributed by atoms with Gasteiger partial charge in [0.25, 0.3) is 15.9 Å². The van der Waals surface area contributed by atoms with Crippen LogP contribution in [0.25, 0.3) is 11.0 Å². The summed E-state index contributed by atoms with van der Waals surface area (Å²) in [7, 11) is -6.65. The minimum atomic E-state index is -4.63. The van der Waals surface area contributed by atoms with Crippen LogP contribution in [0.1, 0.15) is 117 Å². The van der Waals surface area contributed by atoms with E-state index in [1.54, 1.807) is 35.5 Å². The van der Waals surface area contributed by atoms with Crippen molar-refractivity contribution in [2.45, 2.75) is 112 Å². The van der Waals surface area contributed by atoms with Gasteiger partial charge in [0.1, 0.15) is 22.0 Å². The first-order valence-electron chi connectivity index (χ1n) is 24.4. The number of likely N-dealkylation sites (tertiary alicyclic amines) is 1. The Bertz CT molecular complexity index is 2970. The molecule has 1 atom stereocenters. The molecule has 18 heteroatoms. The lowest BCUT2D eigenvalue weighted by Crippen LogP contribution is -2.54. The molecule has 3 aliphatic heterocycles. The van der Waals surface area contributed by atoms with Gasteiger partial charge in [-0.1, -0.05) is 24.3 Å². The highest BCUT2D eigenvalue weighted by Gasteiger charge is 2.50. The number of hydrogen-bond donors (Lipinski definition) is 3. The zero-order chi connectivity index (χ0) is 46.6. The maximum atomic E-state index is 14.0. The molecule has 3 saturated heterocycles. The smallest absolute Gasteiger partial charge is 0.312 e. The molecular formula is C50H59N9O7S2. The maximum absolute atomic E-state index is 14.0. The zero-order valence-corrected chi connectivity index (χ0v) is 39.8. The molecule has 6 fully saturated rings. The number of nitrogens with zero attached hydrogens (tertiary/aromatic N) is 6. The van der Waals surface area contributed by atoms with Gasteiger partial charge in [-0.2, -0.15) is 0 Å². The highest BCUT2D eigenvalue weighted by atomic mass is 32.2. The van der Waals surface area contributed by atoms with Crippen molar-refractivity contribution in [3.05, 3.63) is 106 Å². The number of hydrogen-bond acceptors (Lipinski definition) is 13. The van der Waals surface area contributed by atoms with Crippen LogP contribution in [0.15, 0.2) is 88.5 Å². The van der Waals surface area contributed by atoms with Gasteiger partial charge >= 0.3 is 5.69 Å². The van der Waals surface area contributed by atoms with E-state index in [0.717, 1.165) is 87.3 Å². The normalized spacial score (nSPS) is 23.7. The third kappa shape index (κ3) is 9.18. The lowest BCUT2D eigenvalue weighted by atomic mass is 9.59. The number of carbonyl (C=O) groups is 1. The number of fused-ring (bicyclic) bond motifs is 1. The Hall–Kier alpha value is -5.59. The summed E-state index contributed by atoms with van der Waals surface area (Å²) >= 11 is 0. The van der Waals surface area contributed by atoms with Crippen LogP contribution in [0.4, 0.5) is 17.2 Å². The van der Waals surface area contributed by atoms with Crippen molar-refractivity contribution in [1.82, 2.24) is 24.6 Å². The number of H-pyrrole nitrogens is 1. The lowest BCUT2D eigenvalue weighted by Gasteiger charge is -2.56. The first-order chi connectivity index (χ1) is 32.9. The average molecular weight is 962 g/mol. The fourth-order valence-electron chi connectivity index (χ4n) is 11.6. The van der Waals surface area contributed by atoms with E-state index in [9.17, 15) is 27.5 Å². The van der Waals surface area contributed by atoms with Crippen LogP contribution in [-0.2, 0) is 19.8 Å². The average Bonchev–Trinajstić information content (AvgIpc) is 3.87. The van der Waals surface area contributed by atoms with Crippen LogP contribution in [0, 0.1) is 21.4 Å². The van der Waals surface area contributed by atoms with Gasteiger partial charge in [-0.05, 0) is 143 Å². The molecule has 3 N–H and O–H groups in total. The van der Waals surface area contributed by atoms with Crippen LogP contribution in [0.2, 0.25) is 0 Å². The second-order valence-electron chi connectivity index (χ2n) is 20.1. The van der Waals surface area contributed by atoms with E-state index in [1.807, 2.05) is 12.1 Å². The van der Waals surface area contributed by atoms with Gasteiger partial charge < -0.3 is 19.9 Å². The zero-order valence-electron chi connectivity index (χ0n) is 38.2. The van der Waals surface area contributed by atoms with Gasteiger partial charge in [0.05, 0.1) is 28.9 Å². The number of piperidine rings is 1. The second kappa shape index (κ2) is 18.1. The van der Waals surface area contributed by atoms with Crippen LogP contribution >= 0.6 is 0 Å². The highest BCUT2D eigenvalue weighted by molar-refractivity contribution is 7.94. The molecule has 2 aromatic carbocycles. The molecule has 3 aromatic heterocycles. The fourth-order valence-corrected chi connectivity index (χ4v) is 14.3. The van der Waals surface area contributed by atoms with Gasteiger partial charge in [0.15, 0.2) is 0 Å². The largest absolute Gasteiger partial charge is 0.455 e. The predicted octanol–water partition coefficient (Wildman–Crippen LogP) is 9.08. The Morgan fingerprint density at radius 2 is 1.71 bits per heavy atom. The summed E-state index contributed by atoms with van der Waals surface area (Å²) in [5.74, 6) is 1.79. The molecule has 11 rings (SSSR count). The number of benzene rings is 2. The van der Waals surface area contributed by atoms with E-state index in [4.69, 9.17) is 4.74 Å². The second-order valence-corrected chi connectivity index (χ2v) is 24.4. The van der Waals surface area contributed by atoms with Gasteiger partial charge in [-0.3, -0.25) is 19.8 Å². The van der Waals surface area contributed by atoms with Crippen molar-refractivity contribution in [3.63, 3.8) is 0 Å². The van der Waals surface area contributed by atoms with Crippen molar-refractivity contribution in [2.24, 2.45) is 15.7 Å². The number of aromatic nitrogens is 3. The number of amides is 1. The molecule has 5 aromatic rings. The molecule has 0 unspecified atom stereocenters. The molecule has 3 saturated carbocycles. The SMILES string of the molecule is O=C(NS(=O)(=O)c1cnc(NCC2CCC(N=S3(=O)CCC3)CC2)c([N+](=O)[O-])c1)c1ccc(N2CCC3(CC2)CC(N2CCC[C@H]2c2ccccc2C2CC2)C3)cc1Oc1cnc2[nH]ccc2c1. The number of nitro groups is 1. The Morgan fingerprint density at radius 3 is 2.44 bits per heavy atom. The number of sulfonamides is 1. The topological polar surface area (TPSA) is 205 Å². The van der Waals surface area contributed by atoms with Crippen molar-refractivity contribution in [2.75, 3.05) is 47.9 Å². The summed E-state index contributed by atoms with van der Waals surface area (Å²) in [6.45, 7) is 3.25. The van der Waals surface area contributed by atoms with Crippen LogP contribution in [0.3, 0.4) is 0 Å². The van der Waals surface area contributed by atoms with Crippen molar-refractivity contribution < 1.29 is 27.1 Å². The number of carbonyl (C=O) groups excluding carboxylic acids is 1. The standard InChI is InChI=1S/C50H59N9O7S2/c60-49(56-68(64,65)40-27-45(59(61)62)48(54-32-40)52-30-33-8-12-36(13-9-33)55-67(63)23-4-24-67)43-15-14-37(26-46(43)66-39-25-35-16-19-51-47(35)53-31-39)57-21-17-50(18-22-57)28-38(29-50)58-20-3-7-44(58)42-6-2-1-5-41(42)34-10-11-34/h1-2,5-6,14-16,19,25-27,31-34,36,38,44H,3-4,7-13,17-18,20-24,28-30H2,(H,51,53)(H,52,54)(H,56,60)/t33?,36?,44-/m0/s1. The molecule has 3 aliphatic carbocycles. The molecule has 0 radical (unpaired) electrons. The third-order valence-corrected chi connectivity index (χ3v) is 19.5. The fraction of sp³-hybridized carbons (Fsp3) is 0.500. The van der Waals surface area contributed by atoms with Crippen LogP contribution in [0.5, 0.6) is 11.5 Å². The van der Waals surface area contributed by atoms with E-state index in [2.05, 4.69) is 63.4 Å². The summed E-state index contributed by atoms with van der Waals surface area (Å²) in [6.07, 6.45) is 18.2. The molecule has 16 nitrogen and oxygen atoms in total. The first kappa shape index (κ1) is 44.9. The molecule has 1 spiro atoms. The minimum Gasteiger partial charge on any atom is -0.455 e. The maximum Gasteiger partial charge on any atom is 0.312 e. The highest BCUT2D eigenvalue weighted by Crippen LogP contribution is 2.55. The number of pyridine rings is 2. The van der Waals surface area contributed by atoms with E-state index in [-0.39, 0.29) is 29.1 Å². The number of rotatable bonds is 14. The van der Waals surface area contributed by atoms with E-state index < -0.39 is 41.2 Å². The first-order valence-corrected chi connectivity index (χ1v) is 27.8. The van der Waals surface area contributed by atoms with E-state index in [1.165, 1.54) is 51.3 Å². The van der Waals surface area contributed by atoms with Crippen LogP contribution in [-0.4, -0.2) is 93.1 Å². The third-order valence-electron chi connectivity index (χ3n) is 15.7. The molecule has 358 valence electrons. The quantitative estimate of drug-likeness (QED) is 0.0704. The molecule has 1 amide bonds. The summed E-state index contributed by atoms with van der Waals surface area (Å²) in [6, 6.07) is 20.1. The monoisotopic (exact) mass is 961 g/mol. The van der Waals surface area contributed by atoms with E-state index >= 15 is 0 Å². The van der Waals surface area contributed by atoms with Gasteiger partial charge in [0.2, 0.25) is 5.82 Å². The Labute approximate surface area is 397 Å². The summed E-state index contributed by atoms with van der Waals surface area (Å²) in [4.78, 5) is 41.8. The van der Waals surface area contributed by atoms with Crippen molar-refractivity contribution in [1.29, 1.82) is 0 Å². The number of anilines is 2. The molecule has 6 aliphatic rings. The molecular weight excluding hydrogens is 903 g/mol. The summed E-state index contributed by atoms with van der Waals surface area (Å²) < 4.78 is 53.3. The van der Waals surface area contributed by atoms with Gasteiger partial charge in [-0.15, -0.1) is 0 Å². The predicted molar refractivity (Wildman–Crippen MR) is 261 cm³/mol. The van der Waals surface area contributed by atoms with E-state index in [0.29, 0.717) is 46.9 Å².